The Labute approximate surface area is 99.6 Å². The van der Waals surface area contributed by atoms with E-state index in [4.69, 9.17) is 0 Å². The van der Waals surface area contributed by atoms with Crippen LogP contribution in [-0.2, 0) is 0 Å². The summed E-state index contributed by atoms with van der Waals surface area (Å²) in [6.45, 7) is 9.35. The van der Waals surface area contributed by atoms with Crippen molar-refractivity contribution in [3.05, 3.63) is 0 Å². The van der Waals surface area contributed by atoms with Crippen LogP contribution in [0.5, 0.6) is 0 Å². The van der Waals surface area contributed by atoms with Gasteiger partial charge in [0.2, 0.25) is 0 Å². The van der Waals surface area contributed by atoms with Crippen LogP contribution in [0.1, 0.15) is 59.8 Å². The molecular formula is C15H26O. The molecule has 0 heterocycles. The molecule has 4 saturated carbocycles. The molecule has 0 spiro atoms. The Morgan fingerprint density at radius 2 is 1.31 bits per heavy atom. The molecule has 4 rings (SSSR count). The number of hydrogen-bond acceptors (Lipinski definition) is 1. The average molecular weight is 222 g/mol. The van der Waals surface area contributed by atoms with Crippen molar-refractivity contribution >= 4 is 0 Å². The number of hydrogen-bond donors (Lipinski definition) is 1. The smallest absolute Gasteiger partial charge is 0.0727 e. The summed E-state index contributed by atoms with van der Waals surface area (Å²) < 4.78 is 0. The number of aliphatic hydroxyl groups is 1. The third-order valence-corrected chi connectivity index (χ3v) is 6.04. The fourth-order valence-electron chi connectivity index (χ4n) is 5.94. The molecule has 0 atom stereocenters. The molecule has 0 aromatic carbocycles. The Morgan fingerprint density at radius 1 is 0.938 bits per heavy atom. The lowest BCUT2D eigenvalue weighted by molar-refractivity contribution is -0.239. The van der Waals surface area contributed by atoms with Crippen LogP contribution in [0, 0.1) is 28.6 Å². The summed E-state index contributed by atoms with van der Waals surface area (Å²) in [7, 11) is 0. The molecular weight excluding hydrogens is 196 g/mol. The van der Waals surface area contributed by atoms with Crippen molar-refractivity contribution in [1.82, 2.24) is 0 Å². The van der Waals surface area contributed by atoms with E-state index in [1.165, 1.54) is 32.1 Å². The van der Waals surface area contributed by atoms with E-state index >= 15 is 0 Å². The van der Waals surface area contributed by atoms with Gasteiger partial charge in [-0.3, -0.25) is 0 Å². The lowest BCUT2D eigenvalue weighted by Crippen LogP contribution is -2.65. The molecule has 0 saturated heterocycles. The summed E-state index contributed by atoms with van der Waals surface area (Å²) in [5, 5.41) is 11.1. The van der Waals surface area contributed by atoms with Gasteiger partial charge in [-0.15, -0.1) is 0 Å². The lowest BCUT2D eigenvalue weighted by Gasteiger charge is -2.67. The molecule has 4 aliphatic carbocycles. The van der Waals surface area contributed by atoms with E-state index in [-0.39, 0.29) is 5.60 Å². The van der Waals surface area contributed by atoms with Crippen molar-refractivity contribution in [2.75, 3.05) is 0 Å². The maximum absolute atomic E-state index is 11.1. The van der Waals surface area contributed by atoms with E-state index in [0.717, 1.165) is 0 Å². The topological polar surface area (TPSA) is 20.2 Å². The molecule has 4 fully saturated rings. The third-order valence-electron chi connectivity index (χ3n) is 6.04. The zero-order chi connectivity index (χ0) is 11.8. The Hall–Kier alpha value is -0.0400. The van der Waals surface area contributed by atoms with Crippen LogP contribution in [0.2, 0.25) is 0 Å². The molecule has 4 bridgehead atoms. The fourth-order valence-corrected chi connectivity index (χ4v) is 5.94. The van der Waals surface area contributed by atoms with Crippen LogP contribution in [0.3, 0.4) is 0 Å². The Kier molecular flexibility index (Phi) is 1.98. The molecule has 0 unspecified atom stereocenters. The highest BCUT2D eigenvalue weighted by Crippen LogP contribution is 2.69. The third kappa shape index (κ3) is 1.21. The average Bonchev–Trinajstić information content (AvgIpc) is 2.09. The van der Waals surface area contributed by atoms with Gasteiger partial charge in [-0.2, -0.15) is 0 Å². The van der Waals surface area contributed by atoms with Gasteiger partial charge in [0.05, 0.1) is 5.60 Å². The summed E-state index contributed by atoms with van der Waals surface area (Å²) in [4.78, 5) is 0. The largest absolute Gasteiger partial charge is 0.389 e. The van der Waals surface area contributed by atoms with Crippen molar-refractivity contribution in [2.45, 2.75) is 65.4 Å². The van der Waals surface area contributed by atoms with E-state index in [0.29, 0.717) is 28.6 Å². The second-order valence-corrected chi connectivity index (χ2v) is 8.05. The van der Waals surface area contributed by atoms with Gasteiger partial charge < -0.3 is 5.11 Å². The van der Waals surface area contributed by atoms with E-state index in [2.05, 4.69) is 27.7 Å². The van der Waals surface area contributed by atoms with Crippen molar-refractivity contribution in [3.63, 3.8) is 0 Å². The maximum Gasteiger partial charge on any atom is 0.0727 e. The van der Waals surface area contributed by atoms with Gasteiger partial charge in [0.15, 0.2) is 0 Å². The molecule has 1 nitrogen and oxygen atoms in total. The van der Waals surface area contributed by atoms with Crippen LogP contribution < -0.4 is 0 Å². The predicted octanol–water partition coefficient (Wildman–Crippen LogP) is 3.61. The minimum absolute atomic E-state index is 0.348. The minimum Gasteiger partial charge on any atom is -0.389 e. The van der Waals surface area contributed by atoms with Crippen LogP contribution in [0.4, 0.5) is 0 Å². The molecule has 0 aromatic rings. The molecule has 0 amide bonds. The van der Waals surface area contributed by atoms with E-state index in [1.54, 1.807) is 0 Å². The van der Waals surface area contributed by atoms with E-state index in [9.17, 15) is 5.11 Å². The number of rotatable bonds is 1. The lowest BCUT2D eigenvalue weighted by atomic mass is 9.39. The monoisotopic (exact) mass is 222 g/mol. The normalized spacial score (nSPS) is 59.6. The van der Waals surface area contributed by atoms with Gasteiger partial charge in [0.1, 0.15) is 0 Å². The first kappa shape index (κ1) is 11.1. The second kappa shape index (κ2) is 2.85. The Bertz CT molecular complexity index is 281. The summed E-state index contributed by atoms with van der Waals surface area (Å²) in [5.41, 5.74) is 0.739. The highest BCUT2D eigenvalue weighted by molar-refractivity contribution is 5.14. The van der Waals surface area contributed by atoms with Crippen molar-refractivity contribution in [1.29, 1.82) is 0 Å². The van der Waals surface area contributed by atoms with Gasteiger partial charge in [-0.05, 0) is 60.7 Å². The highest BCUT2D eigenvalue weighted by atomic mass is 16.3. The second-order valence-electron chi connectivity index (χ2n) is 8.05. The molecule has 92 valence electrons. The summed E-state index contributed by atoms with van der Waals surface area (Å²) >= 11 is 0. The van der Waals surface area contributed by atoms with Gasteiger partial charge in [0.25, 0.3) is 0 Å². The first-order valence-electron chi connectivity index (χ1n) is 7.00. The van der Waals surface area contributed by atoms with E-state index < -0.39 is 0 Å². The SMILES string of the molecule is CC(C)C1(O)C2CC3(C)CC1CC(C)(C2)C3. The Balaban J connectivity index is 2.01. The summed E-state index contributed by atoms with van der Waals surface area (Å²) in [6.07, 6.45) is 6.49. The highest BCUT2D eigenvalue weighted by Gasteiger charge is 2.64. The summed E-state index contributed by atoms with van der Waals surface area (Å²) in [6, 6.07) is 0. The molecule has 0 radical (unpaired) electrons. The molecule has 0 aliphatic heterocycles. The van der Waals surface area contributed by atoms with Crippen LogP contribution in [0.15, 0.2) is 0 Å². The van der Waals surface area contributed by atoms with Crippen molar-refractivity contribution in [3.8, 4) is 0 Å². The van der Waals surface area contributed by atoms with Gasteiger partial charge >= 0.3 is 0 Å². The Morgan fingerprint density at radius 3 is 1.62 bits per heavy atom. The van der Waals surface area contributed by atoms with E-state index in [1.807, 2.05) is 0 Å². The standard InChI is InChI=1S/C15H26O/c1-10(2)15(16)11-5-13(3)6-12(15)8-14(4,7-11)9-13/h10-12,16H,5-9H2,1-4H3. The van der Waals surface area contributed by atoms with Crippen LogP contribution in [0.25, 0.3) is 0 Å². The van der Waals surface area contributed by atoms with Crippen LogP contribution in [-0.4, -0.2) is 10.7 Å². The van der Waals surface area contributed by atoms with Crippen LogP contribution >= 0.6 is 0 Å². The summed E-state index contributed by atoms with van der Waals surface area (Å²) in [5.74, 6) is 1.57. The molecule has 4 aliphatic rings. The van der Waals surface area contributed by atoms with Crippen molar-refractivity contribution in [2.24, 2.45) is 28.6 Å². The van der Waals surface area contributed by atoms with Gasteiger partial charge in [0, 0.05) is 0 Å². The van der Waals surface area contributed by atoms with Gasteiger partial charge in [-0.25, -0.2) is 0 Å². The minimum atomic E-state index is -0.348. The molecule has 1 heteroatoms. The zero-order valence-electron chi connectivity index (χ0n) is 11.2. The molecule has 1 N–H and O–H groups in total. The quantitative estimate of drug-likeness (QED) is 0.718. The first-order chi connectivity index (χ1) is 7.28. The molecule has 16 heavy (non-hydrogen) atoms. The zero-order valence-corrected chi connectivity index (χ0v) is 11.2. The molecule has 0 aromatic heterocycles. The maximum atomic E-state index is 11.1. The fraction of sp³-hybridized carbons (Fsp3) is 1.00. The first-order valence-corrected chi connectivity index (χ1v) is 7.00. The predicted molar refractivity (Wildman–Crippen MR) is 66.1 cm³/mol. The van der Waals surface area contributed by atoms with Crippen molar-refractivity contribution < 1.29 is 5.11 Å². The van der Waals surface area contributed by atoms with Gasteiger partial charge in [-0.1, -0.05) is 27.7 Å².